The molecule has 1 aromatic heterocycles. The molecular formula is C9H12N2. The fraction of sp³-hybridized carbons (Fsp3) is 0.444. The van der Waals surface area contributed by atoms with Gasteiger partial charge in [0.05, 0.1) is 6.04 Å². The Hall–Kier alpha value is -1.23. The van der Waals surface area contributed by atoms with Crippen molar-refractivity contribution in [1.29, 1.82) is 0 Å². The molecule has 11 heavy (non-hydrogen) atoms. The molecule has 0 saturated heterocycles. The maximum absolute atomic E-state index is 5.22. The first-order chi connectivity index (χ1) is 5.38. The SMILES string of the molecule is C#CCC(CC)n1cccn1. The number of terminal acetylenes is 1. The van der Waals surface area contributed by atoms with Crippen LogP contribution in [0.15, 0.2) is 18.5 Å². The van der Waals surface area contributed by atoms with Crippen molar-refractivity contribution in [3.05, 3.63) is 18.5 Å². The topological polar surface area (TPSA) is 17.8 Å². The van der Waals surface area contributed by atoms with Gasteiger partial charge in [-0.15, -0.1) is 12.3 Å². The Balaban J connectivity index is 2.65. The monoisotopic (exact) mass is 148 g/mol. The van der Waals surface area contributed by atoms with Gasteiger partial charge in [-0.25, -0.2) is 0 Å². The van der Waals surface area contributed by atoms with E-state index < -0.39 is 0 Å². The second-order valence-corrected chi connectivity index (χ2v) is 2.46. The van der Waals surface area contributed by atoms with E-state index in [9.17, 15) is 0 Å². The van der Waals surface area contributed by atoms with Gasteiger partial charge in [-0.2, -0.15) is 5.10 Å². The van der Waals surface area contributed by atoms with Crippen molar-refractivity contribution in [2.45, 2.75) is 25.8 Å². The van der Waals surface area contributed by atoms with E-state index in [2.05, 4.69) is 17.9 Å². The van der Waals surface area contributed by atoms with Crippen LogP contribution in [0.3, 0.4) is 0 Å². The lowest BCUT2D eigenvalue weighted by atomic mass is 10.2. The lowest BCUT2D eigenvalue weighted by Crippen LogP contribution is -2.07. The van der Waals surface area contributed by atoms with E-state index in [4.69, 9.17) is 6.42 Å². The zero-order chi connectivity index (χ0) is 8.10. The summed E-state index contributed by atoms with van der Waals surface area (Å²) in [4.78, 5) is 0. The van der Waals surface area contributed by atoms with Gasteiger partial charge >= 0.3 is 0 Å². The molecule has 1 unspecified atom stereocenters. The molecule has 0 amide bonds. The predicted octanol–water partition coefficient (Wildman–Crippen LogP) is 1.86. The van der Waals surface area contributed by atoms with E-state index in [1.54, 1.807) is 6.20 Å². The molecule has 2 nitrogen and oxygen atoms in total. The number of hydrogen-bond acceptors (Lipinski definition) is 1. The third-order valence-electron chi connectivity index (χ3n) is 1.72. The first kappa shape index (κ1) is 7.87. The van der Waals surface area contributed by atoms with E-state index in [-0.39, 0.29) is 0 Å². The third-order valence-corrected chi connectivity index (χ3v) is 1.72. The van der Waals surface area contributed by atoms with Crippen LogP contribution in [0.1, 0.15) is 25.8 Å². The smallest absolute Gasteiger partial charge is 0.0625 e. The zero-order valence-corrected chi connectivity index (χ0v) is 6.70. The molecule has 58 valence electrons. The molecule has 2 heteroatoms. The standard InChI is InChI=1S/C9H12N2/c1-3-6-9(4-2)11-8-5-7-10-11/h1,5,7-9H,4,6H2,2H3. The van der Waals surface area contributed by atoms with Crippen LogP contribution in [-0.4, -0.2) is 9.78 Å². The summed E-state index contributed by atoms with van der Waals surface area (Å²) in [6, 6.07) is 2.29. The van der Waals surface area contributed by atoms with Gasteiger partial charge in [0, 0.05) is 18.8 Å². The summed E-state index contributed by atoms with van der Waals surface area (Å²) < 4.78 is 1.92. The van der Waals surface area contributed by atoms with Crippen LogP contribution >= 0.6 is 0 Å². The summed E-state index contributed by atoms with van der Waals surface area (Å²) >= 11 is 0. The fourth-order valence-corrected chi connectivity index (χ4v) is 1.06. The average molecular weight is 148 g/mol. The third kappa shape index (κ3) is 1.84. The van der Waals surface area contributed by atoms with E-state index in [1.807, 2.05) is 16.9 Å². The number of nitrogens with zero attached hydrogens (tertiary/aromatic N) is 2. The first-order valence-corrected chi connectivity index (χ1v) is 3.81. The minimum absolute atomic E-state index is 0.370. The second-order valence-electron chi connectivity index (χ2n) is 2.46. The van der Waals surface area contributed by atoms with Crippen molar-refractivity contribution in [3.8, 4) is 12.3 Å². The highest BCUT2D eigenvalue weighted by Gasteiger charge is 2.05. The average Bonchev–Trinajstić information content (AvgIpc) is 2.52. The molecule has 0 fully saturated rings. The Labute approximate surface area is 67.2 Å². The molecule has 0 aliphatic carbocycles. The number of rotatable bonds is 3. The second kappa shape index (κ2) is 3.82. The fourth-order valence-electron chi connectivity index (χ4n) is 1.06. The van der Waals surface area contributed by atoms with Crippen LogP contribution < -0.4 is 0 Å². The van der Waals surface area contributed by atoms with Gasteiger partial charge < -0.3 is 0 Å². The molecule has 1 aromatic rings. The largest absolute Gasteiger partial charge is 0.269 e. The quantitative estimate of drug-likeness (QED) is 0.598. The van der Waals surface area contributed by atoms with E-state index in [1.165, 1.54) is 0 Å². The molecular weight excluding hydrogens is 136 g/mol. The Kier molecular flexibility index (Phi) is 2.74. The Morgan fingerprint density at radius 1 is 1.73 bits per heavy atom. The lowest BCUT2D eigenvalue weighted by molar-refractivity contribution is 0.450. The number of aromatic nitrogens is 2. The molecule has 0 aliphatic rings. The van der Waals surface area contributed by atoms with Crippen LogP contribution in [0.2, 0.25) is 0 Å². The molecule has 1 rings (SSSR count). The van der Waals surface area contributed by atoms with E-state index in [0.717, 1.165) is 12.8 Å². The highest BCUT2D eigenvalue weighted by Crippen LogP contribution is 2.12. The van der Waals surface area contributed by atoms with Gasteiger partial charge in [-0.05, 0) is 12.5 Å². The van der Waals surface area contributed by atoms with Crippen LogP contribution in [0.5, 0.6) is 0 Å². The first-order valence-electron chi connectivity index (χ1n) is 3.81. The molecule has 0 bridgehead atoms. The van der Waals surface area contributed by atoms with Crippen molar-refractivity contribution >= 4 is 0 Å². The van der Waals surface area contributed by atoms with Gasteiger partial charge in [0.15, 0.2) is 0 Å². The van der Waals surface area contributed by atoms with Gasteiger partial charge in [0.1, 0.15) is 0 Å². The minimum atomic E-state index is 0.370. The van der Waals surface area contributed by atoms with Gasteiger partial charge in [-0.3, -0.25) is 4.68 Å². The highest BCUT2D eigenvalue weighted by atomic mass is 15.3. The van der Waals surface area contributed by atoms with E-state index in [0.29, 0.717) is 6.04 Å². The van der Waals surface area contributed by atoms with Crippen molar-refractivity contribution in [2.75, 3.05) is 0 Å². The van der Waals surface area contributed by atoms with Crippen molar-refractivity contribution in [2.24, 2.45) is 0 Å². The molecule has 0 aromatic carbocycles. The van der Waals surface area contributed by atoms with Gasteiger partial charge in [0.2, 0.25) is 0 Å². The summed E-state index contributed by atoms with van der Waals surface area (Å²) in [6.07, 6.45) is 10.7. The van der Waals surface area contributed by atoms with Crippen LogP contribution in [0, 0.1) is 12.3 Å². The summed E-state index contributed by atoms with van der Waals surface area (Å²) in [5, 5.41) is 4.13. The van der Waals surface area contributed by atoms with E-state index >= 15 is 0 Å². The van der Waals surface area contributed by atoms with Crippen LogP contribution in [-0.2, 0) is 0 Å². The summed E-state index contributed by atoms with van der Waals surface area (Å²) in [5.74, 6) is 2.65. The summed E-state index contributed by atoms with van der Waals surface area (Å²) in [6.45, 7) is 2.11. The summed E-state index contributed by atoms with van der Waals surface area (Å²) in [5.41, 5.74) is 0. The molecule has 1 atom stereocenters. The molecule has 0 N–H and O–H groups in total. The normalized spacial score (nSPS) is 12.4. The van der Waals surface area contributed by atoms with Crippen molar-refractivity contribution in [1.82, 2.24) is 9.78 Å². The van der Waals surface area contributed by atoms with Gasteiger partial charge in [-0.1, -0.05) is 6.92 Å². The molecule has 0 spiro atoms. The zero-order valence-electron chi connectivity index (χ0n) is 6.70. The Bertz CT molecular complexity index is 231. The Morgan fingerprint density at radius 3 is 3.00 bits per heavy atom. The van der Waals surface area contributed by atoms with Crippen molar-refractivity contribution < 1.29 is 0 Å². The molecule has 0 saturated carbocycles. The maximum atomic E-state index is 5.22. The Morgan fingerprint density at radius 2 is 2.55 bits per heavy atom. The molecule has 0 radical (unpaired) electrons. The number of hydrogen-bond donors (Lipinski definition) is 0. The molecule has 0 aliphatic heterocycles. The predicted molar refractivity (Wildman–Crippen MR) is 45.0 cm³/mol. The highest BCUT2D eigenvalue weighted by molar-refractivity contribution is 4.90. The lowest BCUT2D eigenvalue weighted by Gasteiger charge is -2.11. The van der Waals surface area contributed by atoms with Crippen LogP contribution in [0.4, 0.5) is 0 Å². The molecule has 1 heterocycles. The van der Waals surface area contributed by atoms with Gasteiger partial charge in [0.25, 0.3) is 0 Å². The van der Waals surface area contributed by atoms with Crippen molar-refractivity contribution in [3.63, 3.8) is 0 Å². The maximum Gasteiger partial charge on any atom is 0.0625 e. The minimum Gasteiger partial charge on any atom is -0.269 e. The summed E-state index contributed by atoms with van der Waals surface area (Å²) in [7, 11) is 0. The van der Waals surface area contributed by atoms with Crippen LogP contribution in [0.25, 0.3) is 0 Å².